The first-order chi connectivity index (χ1) is 33.7. The zero-order chi connectivity index (χ0) is 44.7. The highest BCUT2D eigenvalue weighted by Gasteiger charge is 2.21. The number of benzene rings is 11. The maximum absolute atomic E-state index is 6.39. The van der Waals surface area contributed by atoms with Crippen LogP contribution in [0.3, 0.4) is 0 Å². The summed E-state index contributed by atoms with van der Waals surface area (Å²) in [7, 11) is 0. The third-order valence-electron chi connectivity index (χ3n) is 13.6. The van der Waals surface area contributed by atoms with E-state index in [2.05, 4.69) is 217 Å². The molecule has 0 spiro atoms. The van der Waals surface area contributed by atoms with Crippen LogP contribution in [0.5, 0.6) is 0 Å². The summed E-state index contributed by atoms with van der Waals surface area (Å²) in [6.45, 7) is 0. The zero-order valence-electron chi connectivity index (χ0n) is 36.6. The van der Waals surface area contributed by atoms with Crippen LogP contribution in [0.4, 0.5) is 0 Å². The average molecular weight is 867 g/mol. The summed E-state index contributed by atoms with van der Waals surface area (Å²) in [6.07, 6.45) is 0. The molecule has 5 heteroatoms. The van der Waals surface area contributed by atoms with Crippen LogP contribution in [-0.2, 0) is 0 Å². The lowest BCUT2D eigenvalue weighted by Crippen LogP contribution is -2.02. The van der Waals surface area contributed by atoms with Gasteiger partial charge < -0.3 is 8.98 Å². The minimum absolute atomic E-state index is 0.569. The zero-order valence-corrected chi connectivity index (χ0v) is 36.6. The molecule has 0 fully saturated rings. The molecule has 5 nitrogen and oxygen atoms in total. The van der Waals surface area contributed by atoms with E-state index in [4.69, 9.17) is 19.4 Å². The van der Waals surface area contributed by atoms with Gasteiger partial charge in [-0.25, -0.2) is 15.0 Å². The Labute approximate surface area is 390 Å². The fourth-order valence-corrected chi connectivity index (χ4v) is 10.3. The van der Waals surface area contributed by atoms with E-state index in [1.54, 1.807) is 0 Å². The lowest BCUT2D eigenvalue weighted by atomic mass is 9.97. The summed E-state index contributed by atoms with van der Waals surface area (Å²) in [6, 6.07) is 82.0. The van der Waals surface area contributed by atoms with Crippen LogP contribution >= 0.6 is 0 Å². The molecule has 14 rings (SSSR count). The molecule has 0 N–H and O–H groups in total. The van der Waals surface area contributed by atoms with E-state index >= 15 is 0 Å². The van der Waals surface area contributed by atoms with E-state index in [9.17, 15) is 0 Å². The molecule has 0 aliphatic heterocycles. The van der Waals surface area contributed by atoms with Crippen molar-refractivity contribution < 1.29 is 4.42 Å². The highest BCUT2D eigenvalue weighted by Crippen LogP contribution is 2.42. The maximum Gasteiger partial charge on any atom is 0.164 e. The minimum atomic E-state index is 0.569. The summed E-state index contributed by atoms with van der Waals surface area (Å²) in [5.74, 6) is 1.75. The van der Waals surface area contributed by atoms with E-state index in [1.807, 2.05) is 18.2 Å². The van der Waals surface area contributed by atoms with Crippen molar-refractivity contribution in [1.82, 2.24) is 19.5 Å². The van der Waals surface area contributed by atoms with E-state index in [1.165, 1.54) is 37.9 Å². The molecule has 14 aromatic rings. The maximum atomic E-state index is 6.39. The molecule has 0 saturated heterocycles. The SMILES string of the molecule is c1ccc(-c2ccc(-c3cc(-c4nc(-c5ccc6c(c5)oc5ccccc56)nc(-c5cccc6ccccc56)n4)ccc3-n3c4cc5ccccc5cc4c4cc5ccccc5cc43)cc2)cc1. The normalized spacial score (nSPS) is 11.8. The Kier molecular flexibility index (Phi) is 8.52. The van der Waals surface area contributed by atoms with Crippen LogP contribution < -0.4 is 0 Å². The second-order valence-corrected chi connectivity index (χ2v) is 17.6. The van der Waals surface area contributed by atoms with Gasteiger partial charge in [0.05, 0.1) is 16.7 Å². The first-order valence-electron chi connectivity index (χ1n) is 23.0. The molecule has 0 atom stereocenters. The molecule has 0 radical (unpaired) electrons. The second-order valence-electron chi connectivity index (χ2n) is 17.6. The standard InChI is InChI=1S/C63H38N4O/c1-2-13-39(14-3-1)40-25-27-42(28-26-40)53-35-47(30-32-56(53)67-57-36-45-18-6-4-16-43(45)33-54(57)55-34-44-17-5-7-19-46(44)37-58(55)67)61-64-62(48-29-31-51-50-22-10-11-24-59(50)68-60(51)38-48)66-63(65-61)52-23-12-20-41-15-8-9-21-49(41)52/h1-38H. The molecule has 0 unspecified atom stereocenters. The van der Waals surface area contributed by atoms with Crippen molar-refractivity contribution in [1.29, 1.82) is 0 Å². The summed E-state index contributed by atoms with van der Waals surface area (Å²) in [5, 5.41) is 11.6. The van der Waals surface area contributed by atoms with E-state index in [-0.39, 0.29) is 0 Å². The number of aromatic nitrogens is 4. The molecule has 3 aromatic heterocycles. The van der Waals surface area contributed by atoms with Crippen LogP contribution in [0, 0.1) is 0 Å². The summed E-state index contributed by atoms with van der Waals surface area (Å²) >= 11 is 0. The molecule has 0 amide bonds. The molecule has 3 heterocycles. The smallest absolute Gasteiger partial charge is 0.164 e. The van der Waals surface area contributed by atoms with Gasteiger partial charge >= 0.3 is 0 Å². The molecule has 0 bridgehead atoms. The van der Waals surface area contributed by atoms with Gasteiger partial charge in [-0.15, -0.1) is 0 Å². The molecule has 68 heavy (non-hydrogen) atoms. The van der Waals surface area contributed by atoms with Crippen LogP contribution in [0.25, 0.3) is 138 Å². The topological polar surface area (TPSA) is 56.7 Å². The number of hydrogen-bond acceptors (Lipinski definition) is 4. The third kappa shape index (κ3) is 6.21. The number of hydrogen-bond donors (Lipinski definition) is 0. The molecular weight excluding hydrogens is 829 g/mol. The number of nitrogens with zero attached hydrogens (tertiary/aromatic N) is 4. The number of para-hydroxylation sites is 1. The fourth-order valence-electron chi connectivity index (χ4n) is 10.3. The fraction of sp³-hybridized carbons (Fsp3) is 0. The van der Waals surface area contributed by atoms with Crippen molar-refractivity contribution in [3.8, 4) is 62.1 Å². The Bertz CT molecular complexity index is 4220. The van der Waals surface area contributed by atoms with Gasteiger partial charge in [0.25, 0.3) is 0 Å². The lowest BCUT2D eigenvalue weighted by Gasteiger charge is -2.17. The Morgan fingerprint density at radius 1 is 0.279 bits per heavy atom. The van der Waals surface area contributed by atoms with Gasteiger partial charge in [0.1, 0.15) is 11.2 Å². The van der Waals surface area contributed by atoms with Gasteiger partial charge in [0.2, 0.25) is 0 Å². The van der Waals surface area contributed by atoms with Gasteiger partial charge in [0.15, 0.2) is 17.5 Å². The van der Waals surface area contributed by atoms with Gasteiger partial charge in [-0.05, 0) is 110 Å². The summed E-state index contributed by atoms with van der Waals surface area (Å²) in [4.78, 5) is 15.9. The van der Waals surface area contributed by atoms with E-state index in [0.29, 0.717) is 17.5 Å². The van der Waals surface area contributed by atoms with Gasteiger partial charge in [-0.1, -0.05) is 170 Å². The van der Waals surface area contributed by atoms with Gasteiger partial charge in [-0.2, -0.15) is 0 Å². The van der Waals surface area contributed by atoms with Crippen LogP contribution in [0.15, 0.2) is 235 Å². The second kappa shape index (κ2) is 15.2. The largest absolute Gasteiger partial charge is 0.456 e. The molecule has 0 aliphatic carbocycles. The van der Waals surface area contributed by atoms with Crippen molar-refractivity contribution >= 4 is 76.1 Å². The minimum Gasteiger partial charge on any atom is -0.456 e. The quantitative estimate of drug-likeness (QED) is 0.167. The molecule has 0 aliphatic rings. The Morgan fingerprint density at radius 2 is 0.779 bits per heavy atom. The van der Waals surface area contributed by atoms with Gasteiger partial charge in [-0.3, -0.25) is 0 Å². The molecular formula is C63H38N4O. The summed E-state index contributed by atoms with van der Waals surface area (Å²) < 4.78 is 8.84. The third-order valence-corrected chi connectivity index (χ3v) is 13.6. The highest BCUT2D eigenvalue weighted by molar-refractivity contribution is 6.17. The van der Waals surface area contributed by atoms with Crippen LogP contribution in [0.2, 0.25) is 0 Å². The van der Waals surface area contributed by atoms with E-state index < -0.39 is 0 Å². The van der Waals surface area contributed by atoms with Crippen molar-refractivity contribution in [3.05, 3.63) is 231 Å². The molecule has 0 saturated carbocycles. The Balaban J connectivity index is 1.03. The Hall–Kier alpha value is -9.19. The van der Waals surface area contributed by atoms with E-state index in [0.717, 1.165) is 82.8 Å². The van der Waals surface area contributed by atoms with Crippen molar-refractivity contribution in [2.24, 2.45) is 0 Å². The Morgan fingerprint density at radius 3 is 1.49 bits per heavy atom. The van der Waals surface area contributed by atoms with Crippen molar-refractivity contribution in [3.63, 3.8) is 0 Å². The molecule has 11 aromatic carbocycles. The van der Waals surface area contributed by atoms with Crippen LogP contribution in [-0.4, -0.2) is 19.5 Å². The molecule has 316 valence electrons. The lowest BCUT2D eigenvalue weighted by molar-refractivity contribution is 0.669. The first kappa shape index (κ1) is 38.1. The van der Waals surface area contributed by atoms with Crippen molar-refractivity contribution in [2.45, 2.75) is 0 Å². The van der Waals surface area contributed by atoms with Gasteiger partial charge in [0, 0.05) is 43.8 Å². The average Bonchev–Trinajstić information content (AvgIpc) is 3.93. The number of fused-ring (bicyclic) bond motifs is 9. The number of rotatable bonds is 6. The van der Waals surface area contributed by atoms with Crippen molar-refractivity contribution in [2.75, 3.05) is 0 Å². The number of furan rings is 1. The monoisotopic (exact) mass is 866 g/mol. The highest BCUT2D eigenvalue weighted by atomic mass is 16.3. The summed E-state index contributed by atoms with van der Waals surface area (Å²) in [5.41, 5.74) is 12.1. The predicted octanol–water partition coefficient (Wildman–Crippen LogP) is 16.7. The first-order valence-corrected chi connectivity index (χ1v) is 23.0. The predicted molar refractivity (Wildman–Crippen MR) is 281 cm³/mol. The van der Waals surface area contributed by atoms with Crippen LogP contribution in [0.1, 0.15) is 0 Å².